The van der Waals surface area contributed by atoms with Gasteiger partial charge in [-0.1, -0.05) is 25.1 Å². The fourth-order valence-corrected chi connectivity index (χ4v) is 3.62. The van der Waals surface area contributed by atoms with Crippen LogP contribution >= 0.6 is 0 Å². The summed E-state index contributed by atoms with van der Waals surface area (Å²) in [6.45, 7) is 5.20. The Morgan fingerprint density at radius 2 is 1.89 bits per heavy atom. The van der Waals surface area contributed by atoms with Crippen molar-refractivity contribution in [1.82, 2.24) is 10.6 Å². The van der Waals surface area contributed by atoms with Crippen LogP contribution in [0.5, 0.6) is 5.75 Å². The Labute approximate surface area is 160 Å². The van der Waals surface area contributed by atoms with Gasteiger partial charge in [-0.15, -0.1) is 0 Å². The first kappa shape index (κ1) is 20.7. The lowest BCUT2D eigenvalue weighted by molar-refractivity contribution is 0.0950. The number of methoxy groups -OCH3 is 1. The van der Waals surface area contributed by atoms with Crippen LogP contribution < -0.4 is 20.1 Å². The highest BCUT2D eigenvalue weighted by Crippen LogP contribution is 2.26. The van der Waals surface area contributed by atoms with E-state index >= 15 is 0 Å². The van der Waals surface area contributed by atoms with Crippen LogP contribution in [0.3, 0.4) is 0 Å². The van der Waals surface area contributed by atoms with E-state index in [1.54, 1.807) is 36.4 Å². The molecule has 146 valence electrons. The van der Waals surface area contributed by atoms with E-state index in [2.05, 4.69) is 15.4 Å². The second-order valence-corrected chi connectivity index (χ2v) is 7.68. The Bertz CT molecular complexity index is 884. The number of nitrogens with one attached hydrogen (secondary N) is 3. The molecule has 0 aromatic heterocycles. The highest BCUT2D eigenvalue weighted by molar-refractivity contribution is 7.92. The van der Waals surface area contributed by atoms with Crippen molar-refractivity contribution >= 4 is 21.6 Å². The quantitative estimate of drug-likeness (QED) is 0.609. The van der Waals surface area contributed by atoms with Crippen LogP contribution in [0.15, 0.2) is 53.4 Å². The van der Waals surface area contributed by atoms with Gasteiger partial charge in [0.25, 0.3) is 15.9 Å². The molecule has 0 spiro atoms. The molecule has 0 fully saturated rings. The summed E-state index contributed by atoms with van der Waals surface area (Å²) in [5.41, 5.74) is 0.607. The van der Waals surface area contributed by atoms with E-state index < -0.39 is 10.0 Å². The van der Waals surface area contributed by atoms with Crippen molar-refractivity contribution in [2.45, 2.75) is 24.8 Å². The molecule has 0 saturated carbocycles. The minimum Gasteiger partial charge on any atom is -0.495 e. The molecule has 0 unspecified atom stereocenters. The predicted molar refractivity (Wildman–Crippen MR) is 106 cm³/mol. The SMILES string of the molecule is CCN[C@H](C)CNC(=O)c1cccc(S(=O)(=O)Nc2ccccc2OC)c1. The number of ether oxygens (including phenoxy) is 1. The van der Waals surface area contributed by atoms with Gasteiger partial charge < -0.3 is 15.4 Å². The number of sulfonamides is 1. The molecule has 0 heterocycles. The maximum atomic E-state index is 12.7. The molecule has 0 bridgehead atoms. The summed E-state index contributed by atoms with van der Waals surface area (Å²) in [6.07, 6.45) is 0. The number of hydrogen-bond acceptors (Lipinski definition) is 5. The van der Waals surface area contributed by atoms with Crippen molar-refractivity contribution in [2.24, 2.45) is 0 Å². The van der Waals surface area contributed by atoms with Crippen LogP contribution in [-0.4, -0.2) is 40.6 Å². The van der Waals surface area contributed by atoms with Gasteiger partial charge in [0, 0.05) is 18.2 Å². The highest BCUT2D eigenvalue weighted by atomic mass is 32.2. The van der Waals surface area contributed by atoms with Crippen molar-refractivity contribution in [1.29, 1.82) is 0 Å². The summed E-state index contributed by atoms with van der Waals surface area (Å²) < 4.78 is 33.0. The molecule has 0 saturated heterocycles. The lowest BCUT2D eigenvalue weighted by atomic mass is 10.2. The van der Waals surface area contributed by atoms with E-state index in [4.69, 9.17) is 4.74 Å². The van der Waals surface area contributed by atoms with Crippen LogP contribution in [0.2, 0.25) is 0 Å². The number of anilines is 1. The Hall–Kier alpha value is -2.58. The molecule has 2 aromatic rings. The van der Waals surface area contributed by atoms with E-state index in [0.717, 1.165) is 6.54 Å². The third-order valence-electron chi connectivity index (χ3n) is 3.88. The molecule has 0 aliphatic carbocycles. The lowest BCUT2D eigenvalue weighted by Gasteiger charge is -2.14. The minimum atomic E-state index is -3.86. The summed E-state index contributed by atoms with van der Waals surface area (Å²) in [7, 11) is -2.40. The van der Waals surface area contributed by atoms with Gasteiger partial charge in [-0.3, -0.25) is 9.52 Å². The third-order valence-corrected chi connectivity index (χ3v) is 5.24. The first-order valence-corrected chi connectivity index (χ1v) is 10.1. The molecule has 2 aromatic carbocycles. The number of likely N-dealkylation sites (N-methyl/N-ethyl adjacent to an activating group) is 1. The molecular weight excluding hydrogens is 366 g/mol. The van der Waals surface area contributed by atoms with E-state index in [1.165, 1.54) is 19.2 Å². The average Bonchev–Trinajstić information content (AvgIpc) is 2.66. The van der Waals surface area contributed by atoms with Crippen molar-refractivity contribution in [3.8, 4) is 5.75 Å². The first-order chi connectivity index (χ1) is 12.9. The normalized spacial score (nSPS) is 12.3. The zero-order valence-electron chi connectivity index (χ0n) is 15.7. The molecule has 1 atom stereocenters. The number of carbonyl (C=O) groups is 1. The fraction of sp³-hybridized carbons (Fsp3) is 0.316. The average molecular weight is 391 g/mol. The maximum absolute atomic E-state index is 12.7. The Kier molecular flexibility index (Phi) is 7.20. The van der Waals surface area contributed by atoms with Crippen LogP contribution in [0, 0.1) is 0 Å². The molecule has 7 nitrogen and oxygen atoms in total. The van der Waals surface area contributed by atoms with Gasteiger partial charge in [0.15, 0.2) is 0 Å². The summed E-state index contributed by atoms with van der Waals surface area (Å²) in [6, 6.07) is 12.8. The number of para-hydroxylation sites is 2. The number of carbonyl (C=O) groups excluding carboxylic acids is 1. The second kappa shape index (κ2) is 9.38. The zero-order valence-corrected chi connectivity index (χ0v) is 16.5. The van der Waals surface area contributed by atoms with Gasteiger partial charge in [0.2, 0.25) is 0 Å². The zero-order chi connectivity index (χ0) is 19.9. The Morgan fingerprint density at radius 1 is 1.15 bits per heavy atom. The van der Waals surface area contributed by atoms with Crippen molar-refractivity contribution in [3.05, 3.63) is 54.1 Å². The molecular formula is C19H25N3O4S. The molecule has 27 heavy (non-hydrogen) atoms. The van der Waals surface area contributed by atoms with Crippen LogP contribution in [0.1, 0.15) is 24.2 Å². The molecule has 0 radical (unpaired) electrons. The topological polar surface area (TPSA) is 96.5 Å². The summed E-state index contributed by atoms with van der Waals surface area (Å²) in [5, 5.41) is 5.99. The Balaban J connectivity index is 2.16. The van der Waals surface area contributed by atoms with Gasteiger partial charge >= 0.3 is 0 Å². The smallest absolute Gasteiger partial charge is 0.262 e. The molecule has 8 heteroatoms. The number of benzene rings is 2. The highest BCUT2D eigenvalue weighted by Gasteiger charge is 2.18. The van der Waals surface area contributed by atoms with Crippen LogP contribution in [-0.2, 0) is 10.0 Å². The summed E-state index contributed by atoms with van der Waals surface area (Å²) in [4.78, 5) is 12.3. The molecule has 0 aliphatic heterocycles. The maximum Gasteiger partial charge on any atom is 0.262 e. The van der Waals surface area contributed by atoms with E-state index in [-0.39, 0.29) is 22.4 Å². The van der Waals surface area contributed by atoms with Gasteiger partial charge in [0.1, 0.15) is 5.75 Å². The molecule has 2 rings (SSSR count). The number of hydrogen-bond donors (Lipinski definition) is 3. The fourth-order valence-electron chi connectivity index (χ4n) is 2.51. The van der Waals surface area contributed by atoms with Gasteiger partial charge in [-0.05, 0) is 43.8 Å². The molecule has 1 amide bonds. The largest absolute Gasteiger partial charge is 0.495 e. The number of rotatable bonds is 9. The van der Waals surface area contributed by atoms with Gasteiger partial charge in [-0.2, -0.15) is 0 Å². The van der Waals surface area contributed by atoms with Gasteiger partial charge in [0.05, 0.1) is 17.7 Å². The standard InChI is InChI=1S/C19H25N3O4S/c1-4-20-14(2)13-21-19(23)15-8-7-9-16(12-15)27(24,25)22-17-10-5-6-11-18(17)26-3/h5-12,14,20,22H,4,13H2,1-3H3,(H,21,23)/t14-/m1/s1. The van der Waals surface area contributed by atoms with Gasteiger partial charge in [-0.25, -0.2) is 8.42 Å². The number of amides is 1. The monoisotopic (exact) mass is 391 g/mol. The Morgan fingerprint density at radius 3 is 2.59 bits per heavy atom. The van der Waals surface area contributed by atoms with Crippen LogP contribution in [0.4, 0.5) is 5.69 Å². The first-order valence-electron chi connectivity index (χ1n) is 8.65. The summed E-state index contributed by atoms with van der Waals surface area (Å²) in [5.74, 6) is 0.0847. The molecule has 3 N–H and O–H groups in total. The van der Waals surface area contributed by atoms with E-state index in [0.29, 0.717) is 18.0 Å². The predicted octanol–water partition coefficient (Wildman–Crippen LogP) is 2.22. The van der Waals surface area contributed by atoms with E-state index in [1.807, 2.05) is 13.8 Å². The van der Waals surface area contributed by atoms with Crippen molar-refractivity contribution in [2.75, 3.05) is 24.9 Å². The third kappa shape index (κ3) is 5.70. The lowest BCUT2D eigenvalue weighted by Crippen LogP contribution is -2.38. The second-order valence-electron chi connectivity index (χ2n) is 6.00. The minimum absolute atomic E-state index is 0.000729. The van der Waals surface area contributed by atoms with Crippen molar-refractivity contribution < 1.29 is 17.9 Å². The van der Waals surface area contributed by atoms with Crippen LogP contribution in [0.25, 0.3) is 0 Å². The van der Waals surface area contributed by atoms with Crippen molar-refractivity contribution in [3.63, 3.8) is 0 Å². The summed E-state index contributed by atoms with van der Waals surface area (Å²) >= 11 is 0. The molecule has 0 aliphatic rings. The van der Waals surface area contributed by atoms with E-state index in [9.17, 15) is 13.2 Å².